The summed E-state index contributed by atoms with van der Waals surface area (Å²) < 4.78 is 0. The predicted molar refractivity (Wildman–Crippen MR) is 98.5 cm³/mol. The van der Waals surface area contributed by atoms with Crippen molar-refractivity contribution in [3.05, 3.63) is 71.4 Å². The minimum atomic E-state index is 0.116. The molecule has 0 atom stereocenters. The van der Waals surface area contributed by atoms with E-state index >= 15 is 0 Å². The SMILES string of the molecule is O=C(c1cc2ccccc2[nH]1)N1CC(N2CCc3ccccc3C2)C1. The molecule has 126 valence electrons. The number of nitrogens with one attached hydrogen (secondary N) is 1. The molecule has 4 heteroatoms. The van der Waals surface area contributed by atoms with Gasteiger partial charge in [-0.05, 0) is 29.7 Å². The average Bonchev–Trinajstić information content (AvgIpc) is 3.04. The number of nitrogens with zero attached hydrogens (tertiary/aromatic N) is 2. The summed E-state index contributed by atoms with van der Waals surface area (Å²) in [6.07, 6.45) is 1.11. The molecule has 2 aromatic carbocycles. The number of hydrogen-bond donors (Lipinski definition) is 1. The predicted octanol–water partition coefficient (Wildman–Crippen LogP) is 3.05. The molecule has 2 aliphatic rings. The summed E-state index contributed by atoms with van der Waals surface area (Å²) in [5, 5.41) is 1.09. The quantitative estimate of drug-likeness (QED) is 0.784. The van der Waals surface area contributed by atoms with E-state index in [1.54, 1.807) is 0 Å². The smallest absolute Gasteiger partial charge is 0.270 e. The molecule has 0 bridgehead atoms. The molecule has 1 fully saturated rings. The van der Waals surface area contributed by atoms with Crippen molar-refractivity contribution in [1.82, 2.24) is 14.8 Å². The summed E-state index contributed by atoms with van der Waals surface area (Å²) >= 11 is 0. The summed E-state index contributed by atoms with van der Waals surface area (Å²) in [5.74, 6) is 0.116. The van der Waals surface area contributed by atoms with Crippen molar-refractivity contribution in [3.8, 4) is 0 Å². The highest BCUT2D eigenvalue weighted by atomic mass is 16.2. The van der Waals surface area contributed by atoms with E-state index in [4.69, 9.17) is 0 Å². The van der Waals surface area contributed by atoms with E-state index in [1.807, 2.05) is 35.2 Å². The van der Waals surface area contributed by atoms with Crippen LogP contribution in [0.1, 0.15) is 21.6 Å². The number of carbonyl (C=O) groups is 1. The second-order valence-electron chi connectivity index (χ2n) is 7.12. The van der Waals surface area contributed by atoms with Crippen LogP contribution in [0.2, 0.25) is 0 Å². The number of para-hydroxylation sites is 1. The van der Waals surface area contributed by atoms with Crippen LogP contribution in [0.5, 0.6) is 0 Å². The maximum atomic E-state index is 12.7. The van der Waals surface area contributed by atoms with Crippen LogP contribution in [0.25, 0.3) is 10.9 Å². The third kappa shape index (κ3) is 2.53. The molecule has 0 saturated carbocycles. The number of rotatable bonds is 2. The molecule has 2 aliphatic heterocycles. The first-order chi connectivity index (χ1) is 12.3. The summed E-state index contributed by atoms with van der Waals surface area (Å²) in [6, 6.07) is 19.2. The van der Waals surface area contributed by atoms with Gasteiger partial charge in [-0.1, -0.05) is 42.5 Å². The van der Waals surface area contributed by atoms with Gasteiger partial charge in [0.15, 0.2) is 0 Å². The van der Waals surface area contributed by atoms with Crippen LogP contribution in [0.3, 0.4) is 0 Å². The van der Waals surface area contributed by atoms with Gasteiger partial charge in [0.05, 0.1) is 0 Å². The molecule has 0 aliphatic carbocycles. The van der Waals surface area contributed by atoms with Gasteiger partial charge in [0.25, 0.3) is 5.91 Å². The summed E-state index contributed by atoms with van der Waals surface area (Å²) in [5.41, 5.74) is 4.64. The Morgan fingerprint density at radius 2 is 1.76 bits per heavy atom. The lowest BCUT2D eigenvalue weighted by molar-refractivity contribution is 0.0215. The highest BCUT2D eigenvalue weighted by molar-refractivity contribution is 5.98. The fourth-order valence-corrected chi connectivity index (χ4v) is 4.04. The molecule has 1 amide bonds. The zero-order valence-corrected chi connectivity index (χ0v) is 14.1. The minimum Gasteiger partial charge on any atom is -0.351 e. The van der Waals surface area contributed by atoms with Gasteiger partial charge in [0.2, 0.25) is 0 Å². The van der Waals surface area contributed by atoms with Crippen molar-refractivity contribution >= 4 is 16.8 Å². The molecule has 3 heterocycles. The molecule has 5 rings (SSSR count). The van der Waals surface area contributed by atoms with Gasteiger partial charge in [-0.2, -0.15) is 0 Å². The number of H-pyrrole nitrogens is 1. The van der Waals surface area contributed by atoms with Crippen molar-refractivity contribution in [1.29, 1.82) is 0 Å². The molecule has 0 spiro atoms. The summed E-state index contributed by atoms with van der Waals surface area (Å²) in [4.78, 5) is 20.4. The van der Waals surface area contributed by atoms with Gasteiger partial charge in [0, 0.05) is 43.1 Å². The lowest BCUT2D eigenvalue weighted by Gasteiger charge is -2.46. The average molecular weight is 331 g/mol. The zero-order valence-electron chi connectivity index (χ0n) is 14.1. The Balaban J connectivity index is 1.25. The number of benzene rings is 2. The largest absolute Gasteiger partial charge is 0.351 e. The number of hydrogen-bond acceptors (Lipinski definition) is 2. The summed E-state index contributed by atoms with van der Waals surface area (Å²) in [7, 11) is 0. The monoisotopic (exact) mass is 331 g/mol. The number of aromatic nitrogens is 1. The molecule has 4 nitrogen and oxygen atoms in total. The number of fused-ring (bicyclic) bond motifs is 2. The molecule has 1 aromatic heterocycles. The van der Waals surface area contributed by atoms with E-state index in [0.29, 0.717) is 11.7 Å². The Morgan fingerprint density at radius 3 is 2.60 bits per heavy atom. The Hall–Kier alpha value is -2.59. The Morgan fingerprint density at radius 1 is 1.00 bits per heavy atom. The van der Waals surface area contributed by atoms with Gasteiger partial charge in [-0.15, -0.1) is 0 Å². The summed E-state index contributed by atoms with van der Waals surface area (Å²) in [6.45, 7) is 3.76. The van der Waals surface area contributed by atoms with E-state index in [9.17, 15) is 4.79 Å². The Labute approximate surface area is 147 Å². The van der Waals surface area contributed by atoms with E-state index in [-0.39, 0.29) is 5.91 Å². The Bertz CT molecular complexity index is 906. The van der Waals surface area contributed by atoms with Crippen LogP contribution in [-0.2, 0) is 13.0 Å². The van der Waals surface area contributed by atoms with Crippen molar-refractivity contribution in [2.45, 2.75) is 19.0 Å². The van der Waals surface area contributed by atoms with Gasteiger partial charge in [-0.3, -0.25) is 9.69 Å². The third-order valence-electron chi connectivity index (χ3n) is 5.59. The molecule has 0 unspecified atom stereocenters. The molecule has 3 aromatic rings. The van der Waals surface area contributed by atoms with Crippen molar-refractivity contribution < 1.29 is 4.79 Å². The molecule has 0 radical (unpaired) electrons. The van der Waals surface area contributed by atoms with Crippen LogP contribution >= 0.6 is 0 Å². The van der Waals surface area contributed by atoms with Crippen LogP contribution in [0, 0.1) is 0 Å². The lowest BCUT2D eigenvalue weighted by Crippen LogP contribution is -2.61. The fourth-order valence-electron chi connectivity index (χ4n) is 4.04. The van der Waals surface area contributed by atoms with Crippen molar-refractivity contribution in [3.63, 3.8) is 0 Å². The van der Waals surface area contributed by atoms with E-state index in [1.165, 1.54) is 11.1 Å². The topological polar surface area (TPSA) is 39.3 Å². The fraction of sp³-hybridized carbons (Fsp3) is 0.286. The number of carbonyl (C=O) groups excluding carboxylic acids is 1. The highest BCUT2D eigenvalue weighted by Crippen LogP contribution is 2.25. The van der Waals surface area contributed by atoms with E-state index in [0.717, 1.165) is 43.5 Å². The van der Waals surface area contributed by atoms with Crippen LogP contribution in [0.4, 0.5) is 0 Å². The number of likely N-dealkylation sites (tertiary alicyclic amines) is 1. The van der Waals surface area contributed by atoms with Crippen molar-refractivity contribution in [2.75, 3.05) is 19.6 Å². The first-order valence-corrected chi connectivity index (χ1v) is 8.96. The van der Waals surface area contributed by atoms with Gasteiger partial charge >= 0.3 is 0 Å². The molecular formula is C21H21N3O. The molecule has 1 N–H and O–H groups in total. The maximum Gasteiger partial charge on any atom is 0.270 e. The number of aromatic amines is 1. The lowest BCUT2D eigenvalue weighted by atomic mass is 9.96. The zero-order chi connectivity index (χ0) is 16.8. The first-order valence-electron chi connectivity index (χ1n) is 8.96. The van der Waals surface area contributed by atoms with Crippen LogP contribution in [-0.4, -0.2) is 46.4 Å². The van der Waals surface area contributed by atoms with Gasteiger partial charge < -0.3 is 9.88 Å². The van der Waals surface area contributed by atoms with E-state index < -0.39 is 0 Å². The molecule has 1 saturated heterocycles. The molecular weight excluding hydrogens is 310 g/mol. The van der Waals surface area contributed by atoms with E-state index in [2.05, 4.69) is 34.1 Å². The van der Waals surface area contributed by atoms with Gasteiger partial charge in [-0.25, -0.2) is 0 Å². The second kappa shape index (κ2) is 5.74. The molecule has 25 heavy (non-hydrogen) atoms. The number of amides is 1. The van der Waals surface area contributed by atoms with Crippen molar-refractivity contribution in [2.24, 2.45) is 0 Å². The Kier molecular flexibility index (Phi) is 3.38. The highest BCUT2D eigenvalue weighted by Gasteiger charge is 2.36. The first kappa shape index (κ1) is 14.7. The standard InChI is InChI=1S/C21H21N3O/c25-21(20-11-16-6-3-4-8-19(16)22-20)24-13-18(14-24)23-10-9-15-5-1-2-7-17(15)12-23/h1-8,11,18,22H,9-10,12-14H2. The maximum absolute atomic E-state index is 12.7. The van der Waals surface area contributed by atoms with Crippen LogP contribution < -0.4 is 0 Å². The third-order valence-corrected chi connectivity index (χ3v) is 5.59. The minimum absolute atomic E-state index is 0.116. The van der Waals surface area contributed by atoms with Crippen LogP contribution in [0.15, 0.2) is 54.6 Å². The second-order valence-corrected chi connectivity index (χ2v) is 7.12. The normalized spacial score (nSPS) is 18.2. The van der Waals surface area contributed by atoms with Gasteiger partial charge in [0.1, 0.15) is 5.69 Å².